The lowest BCUT2D eigenvalue weighted by Crippen LogP contribution is -2.44. The van der Waals surface area contributed by atoms with E-state index in [1.165, 1.54) is 31.2 Å². The van der Waals surface area contributed by atoms with Crippen molar-refractivity contribution in [3.8, 4) is 5.75 Å². The van der Waals surface area contributed by atoms with Crippen molar-refractivity contribution in [2.75, 3.05) is 6.61 Å². The normalized spacial score (nSPS) is 22.3. The van der Waals surface area contributed by atoms with Crippen LogP contribution in [0.1, 0.15) is 53.8 Å². The smallest absolute Gasteiger partial charge is 0.343 e. The SMILES string of the molecule is CC1CCC2C(=O)N(C(C)C(=O)OCC(=O)c3ccc(OC(=O)c4ccccc4)cc3)C(=O)C2C1. The highest BCUT2D eigenvalue weighted by Crippen LogP contribution is 2.41. The van der Waals surface area contributed by atoms with Crippen molar-refractivity contribution in [3.05, 3.63) is 65.7 Å². The first kappa shape index (κ1) is 24.3. The summed E-state index contributed by atoms with van der Waals surface area (Å²) in [5.41, 5.74) is 0.663. The number of carbonyl (C=O) groups is 5. The van der Waals surface area contributed by atoms with Gasteiger partial charge in [0.05, 0.1) is 17.4 Å². The van der Waals surface area contributed by atoms with Crippen LogP contribution in [0.3, 0.4) is 0 Å². The Labute approximate surface area is 203 Å². The molecule has 4 atom stereocenters. The second-order valence-electron chi connectivity index (χ2n) is 9.16. The number of likely N-dealkylation sites (tertiary alicyclic amines) is 1. The van der Waals surface area contributed by atoms with Gasteiger partial charge in [0.15, 0.2) is 12.4 Å². The molecule has 2 aromatic rings. The summed E-state index contributed by atoms with van der Waals surface area (Å²) < 4.78 is 10.4. The Morgan fingerprint density at radius 1 is 0.914 bits per heavy atom. The van der Waals surface area contributed by atoms with Gasteiger partial charge < -0.3 is 9.47 Å². The van der Waals surface area contributed by atoms with Crippen molar-refractivity contribution in [1.29, 1.82) is 0 Å². The Balaban J connectivity index is 1.31. The summed E-state index contributed by atoms with van der Waals surface area (Å²) in [6.07, 6.45) is 2.16. The predicted octanol–water partition coefficient (Wildman–Crippen LogP) is 3.44. The minimum absolute atomic E-state index is 0.262. The number of hydrogen-bond donors (Lipinski definition) is 0. The van der Waals surface area contributed by atoms with Gasteiger partial charge in [0.25, 0.3) is 0 Å². The van der Waals surface area contributed by atoms with E-state index in [1.807, 2.05) is 0 Å². The zero-order valence-electron chi connectivity index (χ0n) is 19.6. The van der Waals surface area contributed by atoms with Crippen molar-refractivity contribution in [1.82, 2.24) is 4.90 Å². The van der Waals surface area contributed by atoms with Gasteiger partial charge in [0.1, 0.15) is 11.8 Å². The second-order valence-corrected chi connectivity index (χ2v) is 9.16. The maximum Gasteiger partial charge on any atom is 0.343 e. The molecule has 2 amide bonds. The van der Waals surface area contributed by atoms with Crippen molar-refractivity contribution < 1.29 is 33.4 Å². The van der Waals surface area contributed by atoms with Crippen LogP contribution < -0.4 is 4.74 Å². The largest absolute Gasteiger partial charge is 0.456 e. The standard InChI is InChI=1S/C27H27NO7/c1-16-8-13-21-22(14-16)25(31)28(24(21)30)17(2)26(32)34-15-23(29)18-9-11-20(12-10-18)35-27(33)19-6-4-3-5-7-19/h3-7,9-12,16-17,21-22H,8,13-15H2,1-2H3. The Hall–Kier alpha value is -3.81. The van der Waals surface area contributed by atoms with E-state index in [0.717, 1.165) is 11.3 Å². The molecular weight excluding hydrogens is 450 g/mol. The van der Waals surface area contributed by atoms with Gasteiger partial charge in [-0.25, -0.2) is 9.59 Å². The van der Waals surface area contributed by atoms with E-state index in [-0.39, 0.29) is 35.0 Å². The van der Waals surface area contributed by atoms with Crippen LogP contribution in [0.4, 0.5) is 0 Å². The van der Waals surface area contributed by atoms with Gasteiger partial charge in [0, 0.05) is 5.56 Å². The number of carbonyl (C=O) groups excluding carboxylic acids is 5. The second kappa shape index (κ2) is 10.2. The zero-order chi connectivity index (χ0) is 25.1. The number of nitrogens with zero attached hydrogens (tertiary/aromatic N) is 1. The number of hydrogen-bond acceptors (Lipinski definition) is 7. The van der Waals surface area contributed by atoms with E-state index in [0.29, 0.717) is 24.3 Å². The molecule has 1 aliphatic carbocycles. The van der Waals surface area contributed by atoms with E-state index in [9.17, 15) is 24.0 Å². The van der Waals surface area contributed by atoms with E-state index in [1.54, 1.807) is 30.3 Å². The van der Waals surface area contributed by atoms with Crippen LogP contribution in [0.25, 0.3) is 0 Å². The molecule has 0 radical (unpaired) electrons. The molecule has 1 saturated heterocycles. The number of amides is 2. The molecule has 1 heterocycles. The van der Waals surface area contributed by atoms with Gasteiger partial charge in [-0.05, 0) is 68.5 Å². The first-order chi connectivity index (χ1) is 16.8. The zero-order valence-corrected chi connectivity index (χ0v) is 19.6. The Bertz CT molecular complexity index is 1140. The Morgan fingerprint density at radius 3 is 2.26 bits per heavy atom. The fraction of sp³-hybridized carbons (Fsp3) is 0.370. The number of fused-ring (bicyclic) bond motifs is 1. The molecule has 0 N–H and O–H groups in total. The van der Waals surface area contributed by atoms with Crippen molar-refractivity contribution in [2.45, 2.75) is 39.2 Å². The average Bonchev–Trinajstić information content (AvgIpc) is 3.11. The van der Waals surface area contributed by atoms with Crippen LogP contribution >= 0.6 is 0 Å². The van der Waals surface area contributed by atoms with Gasteiger partial charge in [-0.3, -0.25) is 19.3 Å². The highest BCUT2D eigenvalue weighted by atomic mass is 16.5. The fourth-order valence-corrected chi connectivity index (χ4v) is 4.69. The lowest BCUT2D eigenvalue weighted by molar-refractivity contribution is -0.157. The summed E-state index contributed by atoms with van der Waals surface area (Å²) in [7, 11) is 0. The van der Waals surface area contributed by atoms with Gasteiger partial charge in [0.2, 0.25) is 11.8 Å². The van der Waals surface area contributed by atoms with Crippen LogP contribution in [-0.2, 0) is 19.1 Å². The summed E-state index contributed by atoms with van der Waals surface area (Å²) in [6.45, 7) is 2.96. The highest BCUT2D eigenvalue weighted by molar-refractivity contribution is 6.08. The first-order valence-corrected chi connectivity index (χ1v) is 11.7. The summed E-state index contributed by atoms with van der Waals surface area (Å²) in [4.78, 5) is 63.7. The van der Waals surface area contributed by atoms with E-state index >= 15 is 0 Å². The molecule has 1 aliphatic heterocycles. The summed E-state index contributed by atoms with van der Waals surface area (Å²) >= 11 is 0. The molecule has 2 aliphatic rings. The van der Waals surface area contributed by atoms with Crippen LogP contribution in [0.2, 0.25) is 0 Å². The lowest BCUT2D eigenvalue weighted by atomic mass is 9.76. The van der Waals surface area contributed by atoms with Crippen molar-refractivity contribution in [3.63, 3.8) is 0 Å². The highest BCUT2D eigenvalue weighted by Gasteiger charge is 2.52. The van der Waals surface area contributed by atoms with Gasteiger partial charge in [-0.1, -0.05) is 25.1 Å². The van der Waals surface area contributed by atoms with Crippen LogP contribution in [0.15, 0.2) is 54.6 Å². The van der Waals surface area contributed by atoms with Crippen molar-refractivity contribution >= 4 is 29.5 Å². The number of ketones is 1. The fourth-order valence-electron chi connectivity index (χ4n) is 4.69. The van der Waals surface area contributed by atoms with Gasteiger partial charge >= 0.3 is 11.9 Å². The van der Waals surface area contributed by atoms with Crippen LogP contribution in [-0.4, -0.2) is 47.1 Å². The third-order valence-electron chi connectivity index (χ3n) is 6.69. The predicted molar refractivity (Wildman–Crippen MR) is 124 cm³/mol. The van der Waals surface area contributed by atoms with Crippen LogP contribution in [0.5, 0.6) is 5.75 Å². The Kier molecular flexibility index (Phi) is 7.10. The Morgan fingerprint density at radius 2 is 1.57 bits per heavy atom. The molecule has 0 spiro atoms. The lowest BCUT2D eigenvalue weighted by Gasteiger charge is -2.25. The summed E-state index contributed by atoms with van der Waals surface area (Å²) in [5.74, 6) is -2.57. The molecule has 182 valence electrons. The van der Waals surface area contributed by atoms with E-state index < -0.39 is 30.4 Å². The number of esters is 2. The third-order valence-corrected chi connectivity index (χ3v) is 6.69. The molecule has 0 aromatic heterocycles. The molecule has 35 heavy (non-hydrogen) atoms. The summed E-state index contributed by atoms with van der Waals surface area (Å²) in [5, 5.41) is 0. The first-order valence-electron chi connectivity index (χ1n) is 11.7. The molecule has 1 saturated carbocycles. The monoisotopic (exact) mass is 477 g/mol. The number of rotatable bonds is 7. The molecule has 2 fully saturated rings. The van der Waals surface area contributed by atoms with Gasteiger partial charge in [-0.2, -0.15) is 0 Å². The maximum atomic E-state index is 12.8. The number of Topliss-reactive ketones (excluding diaryl/α,β-unsaturated/α-hetero) is 1. The minimum atomic E-state index is -1.09. The minimum Gasteiger partial charge on any atom is -0.456 e. The summed E-state index contributed by atoms with van der Waals surface area (Å²) in [6, 6.07) is 13.3. The molecular formula is C27H27NO7. The number of ether oxygens (including phenoxy) is 2. The average molecular weight is 478 g/mol. The molecule has 4 rings (SSSR count). The van der Waals surface area contributed by atoms with E-state index in [2.05, 4.69) is 6.92 Å². The number of benzene rings is 2. The molecule has 8 heteroatoms. The maximum absolute atomic E-state index is 12.8. The molecule has 2 aromatic carbocycles. The molecule has 4 unspecified atom stereocenters. The molecule has 8 nitrogen and oxygen atoms in total. The van der Waals surface area contributed by atoms with Gasteiger partial charge in [-0.15, -0.1) is 0 Å². The third kappa shape index (κ3) is 5.16. The van der Waals surface area contributed by atoms with Crippen LogP contribution in [0, 0.1) is 17.8 Å². The quantitative estimate of drug-likeness (QED) is 0.260. The number of imide groups is 1. The van der Waals surface area contributed by atoms with E-state index in [4.69, 9.17) is 9.47 Å². The molecule has 0 bridgehead atoms. The topological polar surface area (TPSA) is 107 Å². The van der Waals surface area contributed by atoms with Crippen molar-refractivity contribution in [2.24, 2.45) is 17.8 Å².